The smallest absolute Gasteiger partial charge is 0.127 e. The van der Waals surface area contributed by atoms with E-state index in [1.807, 2.05) is 61.5 Å². The van der Waals surface area contributed by atoms with Gasteiger partial charge in [0.25, 0.3) is 0 Å². The van der Waals surface area contributed by atoms with Crippen LogP contribution in [-0.4, -0.2) is 0 Å². The Labute approximate surface area is 155 Å². The molecule has 2 nitrogen and oxygen atoms in total. The number of nitrogens with zero attached hydrogens (tertiary/aromatic N) is 1. The van der Waals surface area contributed by atoms with Gasteiger partial charge in [0.15, 0.2) is 0 Å². The molecule has 2 heteroatoms. The third kappa shape index (κ3) is 4.40. The average Bonchev–Trinajstić information content (AvgIpc) is 2.67. The Morgan fingerprint density at radius 2 is 1.50 bits per heavy atom. The molecule has 0 heterocycles. The lowest BCUT2D eigenvalue weighted by atomic mass is 10.0. The van der Waals surface area contributed by atoms with Gasteiger partial charge in [-0.1, -0.05) is 77.9 Å². The van der Waals surface area contributed by atoms with Gasteiger partial charge < -0.3 is 4.74 Å². The number of hydrogen-bond acceptors (Lipinski definition) is 2. The number of rotatable bonds is 5. The molecule has 0 aromatic heterocycles. The lowest BCUT2D eigenvalue weighted by molar-refractivity contribution is 0.305. The van der Waals surface area contributed by atoms with E-state index in [0.29, 0.717) is 12.2 Å². The quantitative estimate of drug-likeness (QED) is 0.425. The fourth-order valence-electron chi connectivity index (χ4n) is 2.65. The third-order valence-corrected chi connectivity index (χ3v) is 4.22. The number of allylic oxidation sites excluding steroid dienone is 1. The van der Waals surface area contributed by atoms with E-state index in [4.69, 9.17) is 4.74 Å². The summed E-state index contributed by atoms with van der Waals surface area (Å²) in [6.45, 7) is 4.60. The summed E-state index contributed by atoms with van der Waals surface area (Å²) < 4.78 is 6.01. The van der Waals surface area contributed by atoms with E-state index in [1.54, 1.807) is 0 Å². The van der Waals surface area contributed by atoms with Crippen molar-refractivity contribution >= 4 is 11.6 Å². The summed E-state index contributed by atoms with van der Waals surface area (Å²) in [6, 6.07) is 26.4. The number of hydrogen-bond donors (Lipinski definition) is 0. The minimum Gasteiger partial charge on any atom is -0.488 e. The largest absolute Gasteiger partial charge is 0.488 e. The monoisotopic (exact) mass is 339 g/mol. The molecule has 0 amide bonds. The van der Waals surface area contributed by atoms with Crippen molar-refractivity contribution in [3.8, 4) is 11.8 Å². The van der Waals surface area contributed by atoms with Crippen LogP contribution in [0.2, 0.25) is 0 Å². The molecule has 0 N–H and O–H groups in total. The van der Waals surface area contributed by atoms with Crippen LogP contribution in [0.5, 0.6) is 5.75 Å². The molecule has 0 fully saturated rings. The highest BCUT2D eigenvalue weighted by atomic mass is 16.5. The van der Waals surface area contributed by atoms with Gasteiger partial charge in [0.05, 0.1) is 11.6 Å². The Bertz CT molecular complexity index is 945. The van der Waals surface area contributed by atoms with Crippen molar-refractivity contribution in [3.05, 3.63) is 101 Å². The van der Waals surface area contributed by atoms with Crippen molar-refractivity contribution < 1.29 is 4.74 Å². The minimum atomic E-state index is 0.498. The molecule has 0 aliphatic rings. The van der Waals surface area contributed by atoms with Crippen LogP contribution >= 0.6 is 0 Å². The summed E-state index contributed by atoms with van der Waals surface area (Å²) >= 11 is 0. The van der Waals surface area contributed by atoms with Gasteiger partial charge in [-0.2, -0.15) is 5.26 Å². The molecule has 0 bridgehead atoms. The van der Waals surface area contributed by atoms with Crippen LogP contribution in [0.15, 0.2) is 72.8 Å². The molecule has 3 aromatic carbocycles. The minimum absolute atomic E-state index is 0.498. The van der Waals surface area contributed by atoms with Crippen LogP contribution in [0.1, 0.15) is 27.8 Å². The Morgan fingerprint density at radius 1 is 0.885 bits per heavy atom. The van der Waals surface area contributed by atoms with Crippen LogP contribution in [0.3, 0.4) is 0 Å². The van der Waals surface area contributed by atoms with E-state index in [1.165, 1.54) is 11.1 Å². The first kappa shape index (κ1) is 17.5. The van der Waals surface area contributed by atoms with E-state index in [0.717, 1.165) is 22.4 Å². The molecule has 0 saturated heterocycles. The Balaban J connectivity index is 1.84. The van der Waals surface area contributed by atoms with Gasteiger partial charge in [-0.05, 0) is 37.1 Å². The third-order valence-electron chi connectivity index (χ3n) is 4.22. The first-order valence-electron chi connectivity index (χ1n) is 8.62. The number of aryl methyl sites for hydroxylation is 2. The molecule has 3 rings (SSSR count). The molecule has 0 radical (unpaired) electrons. The van der Waals surface area contributed by atoms with Crippen molar-refractivity contribution in [2.75, 3.05) is 0 Å². The van der Waals surface area contributed by atoms with Gasteiger partial charge in [0, 0.05) is 5.56 Å². The van der Waals surface area contributed by atoms with Gasteiger partial charge in [0.2, 0.25) is 0 Å². The highest BCUT2D eigenvalue weighted by Gasteiger charge is 2.05. The molecule has 0 unspecified atom stereocenters. The van der Waals surface area contributed by atoms with E-state index in [-0.39, 0.29) is 0 Å². The van der Waals surface area contributed by atoms with Gasteiger partial charge in [0.1, 0.15) is 12.4 Å². The Morgan fingerprint density at radius 3 is 2.15 bits per heavy atom. The summed E-state index contributed by atoms with van der Waals surface area (Å²) in [4.78, 5) is 0. The second kappa shape index (κ2) is 8.18. The normalized spacial score (nSPS) is 11.0. The lowest BCUT2D eigenvalue weighted by Crippen LogP contribution is -1.97. The second-order valence-electron chi connectivity index (χ2n) is 6.35. The van der Waals surface area contributed by atoms with Crippen LogP contribution in [-0.2, 0) is 6.61 Å². The fraction of sp³-hybridized carbons (Fsp3) is 0.125. The van der Waals surface area contributed by atoms with Crippen LogP contribution in [0.4, 0.5) is 0 Å². The first-order chi connectivity index (χ1) is 12.7. The SMILES string of the molecule is Cc1ccc(COc2ccccc2/C=C(/C#N)c2ccc(C)cc2)cc1. The van der Waals surface area contributed by atoms with E-state index >= 15 is 0 Å². The molecule has 26 heavy (non-hydrogen) atoms. The van der Waals surface area contributed by atoms with E-state index < -0.39 is 0 Å². The first-order valence-corrected chi connectivity index (χ1v) is 8.62. The molecular formula is C24H21NO. The van der Waals surface area contributed by atoms with Gasteiger partial charge in [-0.15, -0.1) is 0 Å². The van der Waals surface area contributed by atoms with Crippen molar-refractivity contribution in [2.24, 2.45) is 0 Å². The molecule has 0 aliphatic carbocycles. The van der Waals surface area contributed by atoms with Crippen molar-refractivity contribution in [1.82, 2.24) is 0 Å². The van der Waals surface area contributed by atoms with Crippen LogP contribution < -0.4 is 4.74 Å². The molecule has 3 aromatic rings. The zero-order chi connectivity index (χ0) is 18.4. The Hall–Kier alpha value is -3.31. The Kier molecular flexibility index (Phi) is 5.51. The molecule has 0 saturated carbocycles. The zero-order valence-electron chi connectivity index (χ0n) is 15.1. The number of nitriles is 1. The lowest BCUT2D eigenvalue weighted by Gasteiger charge is -2.10. The molecule has 0 spiro atoms. The predicted octanol–water partition coefficient (Wildman–Crippen LogP) is 5.95. The highest BCUT2D eigenvalue weighted by molar-refractivity contribution is 5.90. The van der Waals surface area contributed by atoms with Crippen molar-refractivity contribution in [2.45, 2.75) is 20.5 Å². The maximum Gasteiger partial charge on any atom is 0.127 e. The highest BCUT2D eigenvalue weighted by Crippen LogP contribution is 2.25. The van der Waals surface area contributed by atoms with Gasteiger partial charge >= 0.3 is 0 Å². The van der Waals surface area contributed by atoms with Crippen LogP contribution in [0, 0.1) is 25.2 Å². The zero-order valence-corrected chi connectivity index (χ0v) is 15.1. The summed E-state index contributed by atoms with van der Waals surface area (Å²) in [5, 5.41) is 9.58. The summed E-state index contributed by atoms with van der Waals surface area (Å²) in [5.41, 5.74) is 5.95. The summed E-state index contributed by atoms with van der Waals surface area (Å²) in [5.74, 6) is 0.771. The molecule has 128 valence electrons. The second-order valence-corrected chi connectivity index (χ2v) is 6.35. The maximum absolute atomic E-state index is 9.58. The molecule has 0 aliphatic heterocycles. The number of para-hydroxylation sites is 1. The molecule has 0 atom stereocenters. The summed E-state index contributed by atoms with van der Waals surface area (Å²) in [6.07, 6.45) is 1.88. The maximum atomic E-state index is 9.58. The van der Waals surface area contributed by atoms with E-state index in [2.05, 4.69) is 37.3 Å². The summed E-state index contributed by atoms with van der Waals surface area (Å²) in [7, 11) is 0. The number of ether oxygens (including phenoxy) is 1. The van der Waals surface area contributed by atoms with Gasteiger partial charge in [-0.25, -0.2) is 0 Å². The predicted molar refractivity (Wildman–Crippen MR) is 107 cm³/mol. The van der Waals surface area contributed by atoms with E-state index in [9.17, 15) is 5.26 Å². The average molecular weight is 339 g/mol. The topological polar surface area (TPSA) is 33.0 Å². The standard InChI is InChI=1S/C24H21NO/c1-18-7-11-20(12-8-18)17-26-24-6-4-3-5-22(24)15-23(16-25)21-13-9-19(2)10-14-21/h3-15H,17H2,1-2H3/b23-15-. The van der Waals surface area contributed by atoms with Crippen molar-refractivity contribution in [3.63, 3.8) is 0 Å². The fourth-order valence-corrected chi connectivity index (χ4v) is 2.65. The van der Waals surface area contributed by atoms with Crippen molar-refractivity contribution in [1.29, 1.82) is 5.26 Å². The van der Waals surface area contributed by atoms with Crippen LogP contribution in [0.25, 0.3) is 11.6 Å². The number of benzene rings is 3. The molecular weight excluding hydrogens is 318 g/mol. The van der Waals surface area contributed by atoms with Gasteiger partial charge in [-0.3, -0.25) is 0 Å².